The van der Waals surface area contributed by atoms with Crippen molar-refractivity contribution < 1.29 is 19.2 Å². The molecule has 2 aromatic carbocycles. The van der Waals surface area contributed by atoms with Crippen LogP contribution in [0.3, 0.4) is 0 Å². The predicted octanol–water partition coefficient (Wildman–Crippen LogP) is 2.36. The van der Waals surface area contributed by atoms with E-state index in [2.05, 4.69) is 5.32 Å². The summed E-state index contributed by atoms with van der Waals surface area (Å²) in [7, 11) is 3.55. The van der Waals surface area contributed by atoms with Crippen molar-refractivity contribution in [3.05, 3.63) is 57.6 Å². The van der Waals surface area contributed by atoms with Crippen LogP contribution in [-0.4, -0.2) is 38.1 Å². The van der Waals surface area contributed by atoms with Gasteiger partial charge in [-0.3, -0.25) is 14.9 Å². The van der Waals surface area contributed by atoms with Gasteiger partial charge in [0.1, 0.15) is 13.2 Å². The van der Waals surface area contributed by atoms with Gasteiger partial charge in [0.15, 0.2) is 11.5 Å². The Morgan fingerprint density at radius 2 is 1.88 bits per heavy atom. The van der Waals surface area contributed by atoms with E-state index in [1.165, 1.54) is 12.1 Å². The first-order valence-electron chi connectivity index (χ1n) is 8.08. The van der Waals surface area contributed by atoms with Gasteiger partial charge in [-0.25, -0.2) is 0 Å². The average molecular weight is 357 g/mol. The van der Waals surface area contributed by atoms with Gasteiger partial charge in [0.05, 0.1) is 10.5 Å². The van der Waals surface area contributed by atoms with Gasteiger partial charge in [-0.05, 0) is 23.8 Å². The molecule has 0 unspecified atom stereocenters. The topological polar surface area (TPSA) is 93.9 Å². The number of non-ortho nitro benzene ring substituents is 1. The fourth-order valence-electron chi connectivity index (χ4n) is 2.68. The van der Waals surface area contributed by atoms with Gasteiger partial charge >= 0.3 is 0 Å². The van der Waals surface area contributed by atoms with Crippen molar-refractivity contribution in [3.63, 3.8) is 0 Å². The normalized spacial score (nSPS) is 12.4. The zero-order valence-electron chi connectivity index (χ0n) is 14.5. The number of benzene rings is 2. The number of amides is 1. The highest BCUT2D eigenvalue weighted by Gasteiger charge is 2.18. The van der Waals surface area contributed by atoms with Crippen LogP contribution in [0.5, 0.6) is 11.5 Å². The van der Waals surface area contributed by atoms with Crippen LogP contribution in [0.25, 0.3) is 0 Å². The highest BCUT2D eigenvalue weighted by molar-refractivity contribution is 6.00. The Kier molecular flexibility index (Phi) is 4.92. The molecule has 0 saturated heterocycles. The maximum atomic E-state index is 12.6. The molecule has 0 aromatic heterocycles. The highest BCUT2D eigenvalue weighted by Crippen LogP contribution is 2.31. The van der Waals surface area contributed by atoms with E-state index in [1.54, 1.807) is 31.1 Å². The lowest BCUT2D eigenvalue weighted by Crippen LogP contribution is -2.25. The summed E-state index contributed by atoms with van der Waals surface area (Å²) in [6, 6.07) is 9.69. The Morgan fingerprint density at radius 1 is 1.15 bits per heavy atom. The number of hydrogen-bond acceptors (Lipinski definition) is 6. The zero-order chi connectivity index (χ0) is 18.7. The summed E-state index contributed by atoms with van der Waals surface area (Å²) < 4.78 is 11.0. The smallest absolute Gasteiger partial charge is 0.270 e. The molecule has 0 atom stereocenters. The number of nitrogens with one attached hydrogen (secondary N) is 1. The minimum Gasteiger partial charge on any atom is -0.486 e. The molecule has 136 valence electrons. The third kappa shape index (κ3) is 3.69. The summed E-state index contributed by atoms with van der Waals surface area (Å²) in [5.41, 5.74) is 1.58. The molecule has 0 saturated carbocycles. The van der Waals surface area contributed by atoms with Crippen molar-refractivity contribution in [2.24, 2.45) is 0 Å². The molecular formula is C18H19N3O5. The number of carbonyl (C=O) groups is 1. The maximum absolute atomic E-state index is 12.6. The molecule has 3 rings (SSSR count). The summed E-state index contributed by atoms with van der Waals surface area (Å²) in [4.78, 5) is 24.8. The number of fused-ring (bicyclic) bond motifs is 1. The Morgan fingerprint density at radius 3 is 2.58 bits per heavy atom. The fraction of sp³-hybridized carbons (Fsp3) is 0.278. The zero-order valence-corrected chi connectivity index (χ0v) is 14.5. The summed E-state index contributed by atoms with van der Waals surface area (Å²) in [5, 5.41) is 13.8. The van der Waals surface area contributed by atoms with Gasteiger partial charge in [0, 0.05) is 38.5 Å². The molecule has 1 aliphatic rings. The Hall–Kier alpha value is -3.29. The second-order valence-corrected chi connectivity index (χ2v) is 6.01. The number of ether oxygens (including phenoxy) is 2. The van der Waals surface area contributed by atoms with Gasteiger partial charge in [-0.15, -0.1) is 0 Å². The second kappa shape index (κ2) is 7.30. The van der Waals surface area contributed by atoms with Gasteiger partial charge in [-0.2, -0.15) is 0 Å². The summed E-state index contributed by atoms with van der Waals surface area (Å²) >= 11 is 0. The van der Waals surface area contributed by atoms with Crippen LogP contribution in [0.15, 0.2) is 36.4 Å². The summed E-state index contributed by atoms with van der Waals surface area (Å²) in [6.07, 6.45) is 0. The van der Waals surface area contributed by atoms with Crippen LogP contribution in [0.4, 0.5) is 11.4 Å². The van der Waals surface area contributed by atoms with Crippen LogP contribution in [0.2, 0.25) is 0 Å². The van der Waals surface area contributed by atoms with E-state index in [4.69, 9.17) is 9.47 Å². The van der Waals surface area contributed by atoms with E-state index in [0.29, 0.717) is 30.4 Å². The van der Waals surface area contributed by atoms with Crippen molar-refractivity contribution in [2.45, 2.75) is 6.54 Å². The third-order valence-electron chi connectivity index (χ3n) is 3.98. The fourth-order valence-corrected chi connectivity index (χ4v) is 2.68. The minimum atomic E-state index is -0.517. The first kappa shape index (κ1) is 17.5. The quantitative estimate of drug-likeness (QED) is 0.652. The predicted molar refractivity (Wildman–Crippen MR) is 96.0 cm³/mol. The highest BCUT2D eigenvalue weighted by atomic mass is 16.6. The van der Waals surface area contributed by atoms with E-state index in [9.17, 15) is 14.9 Å². The molecule has 0 aliphatic carbocycles. The van der Waals surface area contributed by atoms with Crippen LogP contribution in [-0.2, 0) is 6.54 Å². The Bertz CT molecular complexity index is 851. The number of anilines is 1. The van der Waals surface area contributed by atoms with E-state index in [0.717, 1.165) is 5.56 Å². The molecule has 1 aliphatic heterocycles. The Balaban J connectivity index is 1.77. The van der Waals surface area contributed by atoms with E-state index >= 15 is 0 Å². The van der Waals surface area contributed by atoms with Crippen molar-refractivity contribution in [3.8, 4) is 11.5 Å². The molecule has 0 spiro atoms. The number of rotatable bonds is 5. The SMILES string of the molecule is CN(C)c1ccc([N+](=O)[O-])cc1C(=O)NCc1ccc2c(c1)OCCO2. The number of nitro groups is 1. The van der Waals surface area contributed by atoms with E-state index in [1.807, 2.05) is 12.1 Å². The van der Waals surface area contributed by atoms with Crippen LogP contribution < -0.4 is 19.7 Å². The summed E-state index contributed by atoms with van der Waals surface area (Å²) in [5.74, 6) is 0.944. The largest absolute Gasteiger partial charge is 0.486 e. The third-order valence-corrected chi connectivity index (χ3v) is 3.98. The van der Waals surface area contributed by atoms with E-state index in [-0.39, 0.29) is 23.7 Å². The molecular weight excluding hydrogens is 338 g/mol. The van der Waals surface area contributed by atoms with E-state index < -0.39 is 4.92 Å². The molecule has 1 heterocycles. The lowest BCUT2D eigenvalue weighted by molar-refractivity contribution is -0.384. The molecule has 0 bridgehead atoms. The number of nitro benzene ring substituents is 1. The lowest BCUT2D eigenvalue weighted by atomic mass is 10.1. The first-order chi connectivity index (χ1) is 12.5. The number of hydrogen-bond donors (Lipinski definition) is 1. The molecule has 0 radical (unpaired) electrons. The monoisotopic (exact) mass is 357 g/mol. The van der Waals surface area contributed by atoms with Crippen molar-refractivity contribution in [2.75, 3.05) is 32.2 Å². The van der Waals surface area contributed by atoms with Gasteiger partial charge in [0.25, 0.3) is 11.6 Å². The van der Waals surface area contributed by atoms with Gasteiger partial charge < -0.3 is 19.7 Å². The average Bonchev–Trinajstić information content (AvgIpc) is 2.65. The lowest BCUT2D eigenvalue weighted by Gasteiger charge is -2.19. The molecule has 2 aromatic rings. The first-order valence-corrected chi connectivity index (χ1v) is 8.08. The van der Waals surface area contributed by atoms with Gasteiger partial charge in [-0.1, -0.05) is 6.07 Å². The Labute approximate surface area is 150 Å². The number of carbonyl (C=O) groups excluding carboxylic acids is 1. The van der Waals surface area contributed by atoms with Crippen LogP contribution in [0, 0.1) is 10.1 Å². The molecule has 26 heavy (non-hydrogen) atoms. The number of nitrogens with zero attached hydrogens (tertiary/aromatic N) is 2. The minimum absolute atomic E-state index is 0.125. The maximum Gasteiger partial charge on any atom is 0.270 e. The molecule has 8 nitrogen and oxygen atoms in total. The van der Waals surface area contributed by atoms with Crippen LogP contribution in [0.1, 0.15) is 15.9 Å². The molecule has 8 heteroatoms. The van der Waals surface area contributed by atoms with Gasteiger partial charge in [0.2, 0.25) is 0 Å². The summed E-state index contributed by atoms with van der Waals surface area (Å²) in [6.45, 7) is 1.27. The second-order valence-electron chi connectivity index (χ2n) is 6.01. The van der Waals surface area contributed by atoms with Crippen molar-refractivity contribution >= 4 is 17.3 Å². The molecule has 0 fully saturated rings. The van der Waals surface area contributed by atoms with Crippen molar-refractivity contribution in [1.82, 2.24) is 5.32 Å². The molecule has 1 N–H and O–H groups in total. The standard InChI is InChI=1S/C18H19N3O5/c1-20(2)15-5-4-13(21(23)24)10-14(15)18(22)19-11-12-3-6-16-17(9-12)26-8-7-25-16/h3-6,9-10H,7-8,11H2,1-2H3,(H,19,22). The molecule has 1 amide bonds. The van der Waals surface area contributed by atoms with Crippen LogP contribution >= 0.6 is 0 Å². The van der Waals surface area contributed by atoms with Crippen molar-refractivity contribution in [1.29, 1.82) is 0 Å².